The number of nitrogens with one attached hydrogen (secondary N) is 2. The van der Waals surface area contributed by atoms with Gasteiger partial charge in [0.25, 0.3) is 0 Å². The van der Waals surface area contributed by atoms with Crippen LogP contribution >= 0.6 is 0 Å². The number of urea groups is 1. The van der Waals surface area contributed by atoms with E-state index in [1.807, 2.05) is 66.7 Å². The highest BCUT2D eigenvalue weighted by Crippen LogP contribution is 2.42. The topological polar surface area (TPSA) is 128 Å². The summed E-state index contributed by atoms with van der Waals surface area (Å²) in [4.78, 5) is 27.7. The van der Waals surface area contributed by atoms with Crippen LogP contribution in [-0.2, 0) is 41.5 Å². The lowest BCUT2D eigenvalue weighted by Crippen LogP contribution is -2.50. The van der Waals surface area contributed by atoms with E-state index in [-0.39, 0.29) is 24.7 Å². The number of aliphatic hydroxyl groups excluding tert-OH is 1. The number of carbonyl (C=O) groups is 2. The smallest absolute Gasteiger partial charge is 0.328 e. The first-order valence-corrected chi connectivity index (χ1v) is 16.6. The molecule has 5 atom stereocenters. The molecule has 0 bridgehead atoms. The van der Waals surface area contributed by atoms with Crippen LogP contribution in [0.3, 0.4) is 0 Å². The average molecular weight is 660 g/mol. The lowest BCUT2D eigenvalue weighted by molar-refractivity contribution is -0.278. The fourth-order valence-corrected chi connectivity index (χ4v) is 6.68. The number of methoxy groups -OCH3 is 1. The first kappa shape index (κ1) is 34.0. The van der Waals surface area contributed by atoms with Crippen molar-refractivity contribution in [1.29, 1.82) is 0 Å². The van der Waals surface area contributed by atoms with Gasteiger partial charge in [0, 0.05) is 56.1 Å². The lowest BCUT2D eigenvalue weighted by Gasteiger charge is -2.44. The van der Waals surface area contributed by atoms with Crippen LogP contribution in [0, 0.1) is 5.92 Å². The zero-order valence-electron chi connectivity index (χ0n) is 27.5. The van der Waals surface area contributed by atoms with Crippen LogP contribution in [0.2, 0.25) is 0 Å². The molecule has 3 saturated heterocycles. The summed E-state index contributed by atoms with van der Waals surface area (Å²) in [6.07, 6.45) is 0.976. The van der Waals surface area contributed by atoms with Crippen molar-refractivity contribution in [3.8, 4) is 0 Å². The number of hydrogen-bond acceptors (Lipinski definition) is 9. The Hall–Kier alpha value is -3.84. The second-order valence-electron chi connectivity index (χ2n) is 12.7. The minimum atomic E-state index is -0.841. The Balaban J connectivity index is 1.13. The van der Waals surface area contributed by atoms with E-state index in [9.17, 15) is 14.7 Å². The van der Waals surface area contributed by atoms with Crippen LogP contribution in [0.25, 0.3) is 0 Å². The van der Waals surface area contributed by atoms with Crippen LogP contribution in [0.15, 0.2) is 78.9 Å². The summed E-state index contributed by atoms with van der Waals surface area (Å²) in [5.41, 5.74) is 4.14. The molecule has 0 aliphatic carbocycles. The summed E-state index contributed by atoms with van der Waals surface area (Å²) in [6, 6.07) is 23.3. The highest BCUT2D eigenvalue weighted by atomic mass is 16.7. The molecular formula is C37H45N3O8. The third-order valence-electron chi connectivity index (χ3n) is 9.51. The van der Waals surface area contributed by atoms with Crippen LogP contribution < -0.4 is 10.6 Å². The van der Waals surface area contributed by atoms with Crippen molar-refractivity contribution in [2.75, 3.05) is 45.3 Å². The number of hydrogen-bond donors (Lipinski definition) is 3. The Morgan fingerprint density at radius 3 is 2.23 bits per heavy atom. The average Bonchev–Trinajstić information content (AvgIpc) is 3.58. The molecule has 3 aromatic carbocycles. The van der Waals surface area contributed by atoms with Gasteiger partial charge in [-0.15, -0.1) is 0 Å². The molecule has 2 amide bonds. The Morgan fingerprint density at radius 1 is 0.917 bits per heavy atom. The van der Waals surface area contributed by atoms with Gasteiger partial charge in [0.05, 0.1) is 39.1 Å². The number of carbonyl (C=O) groups excluding carboxylic acids is 2. The minimum absolute atomic E-state index is 0.0195. The van der Waals surface area contributed by atoms with Crippen LogP contribution in [0.1, 0.15) is 54.4 Å². The van der Waals surface area contributed by atoms with Gasteiger partial charge in [0.1, 0.15) is 6.04 Å². The van der Waals surface area contributed by atoms with Gasteiger partial charge >= 0.3 is 12.0 Å². The molecule has 48 heavy (non-hydrogen) atoms. The summed E-state index contributed by atoms with van der Waals surface area (Å²) in [7, 11) is 1.30. The van der Waals surface area contributed by atoms with E-state index in [2.05, 4.69) is 22.5 Å². The Bertz CT molecular complexity index is 1490. The van der Waals surface area contributed by atoms with E-state index < -0.39 is 30.1 Å². The van der Waals surface area contributed by atoms with Gasteiger partial charge in [-0.25, -0.2) is 9.59 Å². The maximum atomic E-state index is 12.9. The molecule has 1 spiro atoms. The molecule has 0 aromatic heterocycles. The van der Waals surface area contributed by atoms with Crippen molar-refractivity contribution in [2.45, 2.75) is 63.1 Å². The van der Waals surface area contributed by atoms with E-state index in [0.29, 0.717) is 25.3 Å². The zero-order chi connectivity index (χ0) is 33.5. The van der Waals surface area contributed by atoms with Crippen LogP contribution in [-0.4, -0.2) is 79.9 Å². The van der Waals surface area contributed by atoms with E-state index in [4.69, 9.17) is 23.7 Å². The number of aliphatic hydroxyl groups is 1. The van der Waals surface area contributed by atoms with Gasteiger partial charge < -0.3 is 44.3 Å². The van der Waals surface area contributed by atoms with Crippen LogP contribution in [0.4, 0.5) is 10.5 Å². The summed E-state index contributed by atoms with van der Waals surface area (Å²) in [5, 5.41) is 15.1. The standard InChI is InChI=1S/C37H45N3O8/c1-25-32(23-40-18-16-37(17-19-40)45-20-21-46-37)47-35(48-33(25)28-10-8-27(24-41)9-11-28)29-12-14-30(15-13-29)38-36(43)39-31(34(42)44-2)22-26-6-4-3-5-7-26/h3-15,25,31-33,35,41H,16-24H2,1-2H3,(H2,38,39,43)/t25-,31+,32+,33+,35+/m1/s1. The van der Waals surface area contributed by atoms with Crippen molar-refractivity contribution >= 4 is 17.7 Å². The normalized spacial score (nSPS) is 24.6. The third-order valence-corrected chi connectivity index (χ3v) is 9.51. The quantitative estimate of drug-likeness (QED) is 0.265. The Kier molecular flexibility index (Phi) is 11.1. The summed E-state index contributed by atoms with van der Waals surface area (Å²) < 4.78 is 30.1. The molecule has 256 valence electrons. The van der Waals surface area contributed by atoms with Gasteiger partial charge in [0.15, 0.2) is 12.1 Å². The van der Waals surface area contributed by atoms with Crippen molar-refractivity contribution in [3.05, 3.63) is 101 Å². The zero-order valence-corrected chi connectivity index (χ0v) is 27.5. The molecule has 3 N–H and O–H groups in total. The molecule has 0 saturated carbocycles. The molecule has 3 aliphatic rings. The van der Waals surface area contributed by atoms with Gasteiger partial charge in [0.2, 0.25) is 0 Å². The molecule has 0 radical (unpaired) electrons. The maximum absolute atomic E-state index is 12.9. The predicted molar refractivity (Wildman–Crippen MR) is 178 cm³/mol. The number of likely N-dealkylation sites (tertiary alicyclic amines) is 1. The maximum Gasteiger partial charge on any atom is 0.328 e. The number of piperidine rings is 1. The SMILES string of the molecule is COC(=O)[C@H](Cc1ccccc1)NC(=O)Nc1ccc([C@H]2O[C@@H](CN3CCC4(CC3)OCCO4)[C@@H](C)[C@@H](c3ccc(CO)cc3)O2)cc1. The molecule has 3 heterocycles. The van der Waals surface area contributed by atoms with Gasteiger partial charge in [-0.3, -0.25) is 0 Å². The number of amides is 2. The highest BCUT2D eigenvalue weighted by molar-refractivity contribution is 5.92. The fraction of sp³-hybridized carbons (Fsp3) is 0.459. The molecule has 11 nitrogen and oxygen atoms in total. The minimum Gasteiger partial charge on any atom is -0.467 e. The Labute approximate surface area is 281 Å². The first-order chi connectivity index (χ1) is 23.3. The van der Waals surface area contributed by atoms with Crippen molar-refractivity contribution in [3.63, 3.8) is 0 Å². The molecule has 6 rings (SSSR count). The first-order valence-electron chi connectivity index (χ1n) is 16.6. The molecule has 3 fully saturated rings. The monoisotopic (exact) mass is 659 g/mol. The van der Waals surface area contributed by atoms with Gasteiger partial charge in [-0.1, -0.05) is 73.7 Å². The van der Waals surface area contributed by atoms with E-state index >= 15 is 0 Å². The highest BCUT2D eigenvalue weighted by Gasteiger charge is 2.43. The van der Waals surface area contributed by atoms with Gasteiger partial charge in [-0.2, -0.15) is 0 Å². The van der Waals surface area contributed by atoms with Crippen molar-refractivity contribution < 1.29 is 38.4 Å². The van der Waals surface area contributed by atoms with Gasteiger partial charge in [-0.05, 0) is 28.8 Å². The second kappa shape index (κ2) is 15.6. The van der Waals surface area contributed by atoms with E-state index in [0.717, 1.165) is 54.7 Å². The predicted octanol–water partition coefficient (Wildman–Crippen LogP) is 4.72. The fourth-order valence-electron chi connectivity index (χ4n) is 6.68. The molecule has 3 aliphatic heterocycles. The number of ether oxygens (including phenoxy) is 5. The molecule has 11 heteroatoms. The number of rotatable bonds is 10. The van der Waals surface area contributed by atoms with Crippen LogP contribution in [0.5, 0.6) is 0 Å². The van der Waals surface area contributed by atoms with Crippen molar-refractivity contribution in [1.82, 2.24) is 10.2 Å². The molecule has 3 aromatic rings. The summed E-state index contributed by atoms with van der Waals surface area (Å²) >= 11 is 0. The number of nitrogens with zero attached hydrogens (tertiary/aromatic N) is 1. The van der Waals surface area contributed by atoms with Crippen molar-refractivity contribution in [2.24, 2.45) is 5.92 Å². The largest absolute Gasteiger partial charge is 0.467 e. The number of benzene rings is 3. The lowest BCUT2D eigenvalue weighted by atomic mass is 9.89. The van der Waals surface area contributed by atoms with E-state index in [1.54, 1.807) is 12.1 Å². The summed E-state index contributed by atoms with van der Waals surface area (Å²) in [6.45, 7) is 5.91. The Morgan fingerprint density at radius 2 is 1.58 bits per heavy atom. The summed E-state index contributed by atoms with van der Waals surface area (Å²) in [5.74, 6) is -0.906. The third kappa shape index (κ3) is 8.23. The van der Waals surface area contributed by atoms with E-state index in [1.165, 1.54) is 7.11 Å². The molecule has 0 unspecified atom stereocenters. The number of anilines is 1. The molecular weight excluding hydrogens is 614 g/mol. The number of esters is 1. The second-order valence-corrected chi connectivity index (χ2v) is 12.7.